The summed E-state index contributed by atoms with van der Waals surface area (Å²) in [5, 5.41) is 9.43. The lowest BCUT2D eigenvalue weighted by Crippen LogP contribution is -2.25. The summed E-state index contributed by atoms with van der Waals surface area (Å²) in [5.74, 6) is 0.186. The van der Waals surface area contributed by atoms with Crippen LogP contribution in [0.3, 0.4) is 0 Å². The van der Waals surface area contributed by atoms with E-state index in [1.807, 2.05) is 0 Å². The number of hydrogen-bond acceptors (Lipinski definition) is 3. The Bertz CT molecular complexity index is 327. The number of para-hydroxylation sites is 1. The molecule has 0 fully saturated rings. The van der Waals surface area contributed by atoms with E-state index in [0.717, 1.165) is 5.56 Å². The molecule has 0 atom stereocenters. The van der Waals surface area contributed by atoms with Crippen LogP contribution in [0.2, 0.25) is 0 Å². The van der Waals surface area contributed by atoms with Gasteiger partial charge in [-0.05, 0) is 18.6 Å². The summed E-state index contributed by atoms with van der Waals surface area (Å²) in [7, 11) is 3.16. The van der Waals surface area contributed by atoms with Crippen LogP contribution in [0.25, 0.3) is 0 Å². The number of ether oxygens (including phenoxy) is 1. The van der Waals surface area contributed by atoms with Crippen LogP contribution in [0.1, 0.15) is 5.56 Å². The molecule has 0 spiro atoms. The van der Waals surface area contributed by atoms with Gasteiger partial charge in [0.1, 0.15) is 0 Å². The van der Waals surface area contributed by atoms with Crippen molar-refractivity contribution in [1.82, 2.24) is 4.90 Å². The van der Waals surface area contributed by atoms with Gasteiger partial charge in [0.05, 0.1) is 0 Å². The zero-order valence-corrected chi connectivity index (χ0v) is 8.44. The van der Waals surface area contributed by atoms with Crippen molar-refractivity contribution >= 4 is 6.09 Å². The molecule has 1 N–H and O–H groups in total. The summed E-state index contributed by atoms with van der Waals surface area (Å²) in [6.07, 6.45) is -0.505. The van der Waals surface area contributed by atoms with Crippen molar-refractivity contribution < 1.29 is 14.6 Å². The van der Waals surface area contributed by atoms with E-state index in [0.29, 0.717) is 0 Å². The van der Waals surface area contributed by atoms with E-state index >= 15 is 0 Å². The third kappa shape index (κ3) is 2.16. The molecule has 1 rings (SSSR count). The van der Waals surface area contributed by atoms with Crippen LogP contribution in [0.15, 0.2) is 18.2 Å². The second-order valence-electron chi connectivity index (χ2n) is 3.19. The molecule has 0 aromatic heterocycles. The van der Waals surface area contributed by atoms with Gasteiger partial charge in [0.25, 0.3) is 0 Å². The standard InChI is InChI=1S/C10H13NO3/c1-7-5-4-6-8(12)9(7)14-10(13)11(2)3/h4-6,12H,1-3H3. The first-order valence-corrected chi connectivity index (χ1v) is 4.20. The molecule has 0 aliphatic carbocycles. The van der Waals surface area contributed by atoms with E-state index < -0.39 is 6.09 Å². The highest BCUT2D eigenvalue weighted by atomic mass is 16.6. The van der Waals surface area contributed by atoms with Gasteiger partial charge in [-0.25, -0.2) is 4.79 Å². The number of phenolic OH excluding ortho intramolecular Hbond substituents is 1. The summed E-state index contributed by atoms with van der Waals surface area (Å²) in [6.45, 7) is 1.76. The Morgan fingerprint density at radius 2 is 2.07 bits per heavy atom. The number of aryl methyl sites for hydroxylation is 1. The van der Waals surface area contributed by atoms with Crippen molar-refractivity contribution in [3.63, 3.8) is 0 Å². The minimum atomic E-state index is -0.505. The van der Waals surface area contributed by atoms with Crippen molar-refractivity contribution in [3.05, 3.63) is 23.8 Å². The molecule has 0 aliphatic rings. The molecular weight excluding hydrogens is 182 g/mol. The highest BCUT2D eigenvalue weighted by Crippen LogP contribution is 2.29. The first-order chi connectivity index (χ1) is 6.52. The van der Waals surface area contributed by atoms with Crippen molar-refractivity contribution in [2.75, 3.05) is 14.1 Å². The molecule has 4 heteroatoms. The summed E-state index contributed by atoms with van der Waals surface area (Å²) < 4.78 is 4.97. The Hall–Kier alpha value is -1.71. The topological polar surface area (TPSA) is 49.8 Å². The van der Waals surface area contributed by atoms with Crippen molar-refractivity contribution in [1.29, 1.82) is 0 Å². The molecule has 4 nitrogen and oxygen atoms in total. The molecule has 1 aromatic rings. The number of hydrogen-bond donors (Lipinski definition) is 1. The second kappa shape index (κ2) is 4.00. The van der Waals surface area contributed by atoms with Crippen molar-refractivity contribution in [2.24, 2.45) is 0 Å². The van der Waals surface area contributed by atoms with E-state index in [9.17, 15) is 9.90 Å². The Kier molecular flexibility index (Phi) is 2.96. The zero-order chi connectivity index (χ0) is 10.7. The Morgan fingerprint density at radius 1 is 1.43 bits per heavy atom. The molecule has 76 valence electrons. The SMILES string of the molecule is Cc1cccc(O)c1OC(=O)N(C)C. The number of amides is 1. The predicted molar refractivity (Wildman–Crippen MR) is 52.6 cm³/mol. The molecule has 0 unspecified atom stereocenters. The molecule has 1 amide bonds. The van der Waals surface area contributed by atoms with Crippen LogP contribution in [-0.4, -0.2) is 30.2 Å². The summed E-state index contributed by atoms with van der Waals surface area (Å²) in [6, 6.07) is 4.93. The fourth-order valence-electron chi connectivity index (χ4n) is 0.948. The third-order valence-corrected chi connectivity index (χ3v) is 1.75. The summed E-state index contributed by atoms with van der Waals surface area (Å²) >= 11 is 0. The lowest BCUT2D eigenvalue weighted by Gasteiger charge is -2.13. The molecule has 14 heavy (non-hydrogen) atoms. The number of carbonyl (C=O) groups excluding carboxylic acids is 1. The van der Waals surface area contributed by atoms with Crippen molar-refractivity contribution in [2.45, 2.75) is 6.92 Å². The maximum absolute atomic E-state index is 11.2. The van der Waals surface area contributed by atoms with Crippen molar-refractivity contribution in [3.8, 4) is 11.5 Å². The molecule has 0 bridgehead atoms. The van der Waals surface area contributed by atoms with Gasteiger partial charge in [0, 0.05) is 14.1 Å². The normalized spacial score (nSPS) is 9.64. The molecular formula is C10H13NO3. The van der Waals surface area contributed by atoms with Crippen LogP contribution < -0.4 is 4.74 Å². The summed E-state index contributed by atoms with van der Waals surface area (Å²) in [5.41, 5.74) is 0.722. The Labute approximate surface area is 82.7 Å². The lowest BCUT2D eigenvalue weighted by atomic mass is 10.2. The molecule has 0 saturated carbocycles. The molecule has 0 aliphatic heterocycles. The first-order valence-electron chi connectivity index (χ1n) is 4.20. The van der Waals surface area contributed by atoms with Gasteiger partial charge in [0.2, 0.25) is 0 Å². The number of carbonyl (C=O) groups is 1. The van der Waals surface area contributed by atoms with Gasteiger partial charge < -0.3 is 14.7 Å². The van der Waals surface area contributed by atoms with Gasteiger partial charge in [-0.15, -0.1) is 0 Å². The van der Waals surface area contributed by atoms with E-state index in [1.165, 1.54) is 11.0 Å². The van der Waals surface area contributed by atoms with Crippen LogP contribution in [-0.2, 0) is 0 Å². The monoisotopic (exact) mass is 195 g/mol. The number of phenols is 1. The maximum Gasteiger partial charge on any atom is 0.414 e. The third-order valence-electron chi connectivity index (χ3n) is 1.75. The highest BCUT2D eigenvalue weighted by Gasteiger charge is 2.12. The van der Waals surface area contributed by atoms with E-state index in [2.05, 4.69) is 0 Å². The van der Waals surface area contributed by atoms with Gasteiger partial charge in [-0.1, -0.05) is 12.1 Å². The predicted octanol–water partition coefficient (Wildman–Crippen LogP) is 1.76. The Balaban J connectivity index is 2.91. The molecule has 0 heterocycles. The number of benzene rings is 1. The van der Waals surface area contributed by atoms with E-state index in [4.69, 9.17) is 4.74 Å². The average Bonchev–Trinajstić information content (AvgIpc) is 2.11. The molecule has 0 saturated heterocycles. The first kappa shape index (κ1) is 10.4. The van der Waals surface area contributed by atoms with Crippen LogP contribution in [0, 0.1) is 6.92 Å². The quantitative estimate of drug-likeness (QED) is 0.742. The summed E-state index contributed by atoms with van der Waals surface area (Å²) in [4.78, 5) is 12.5. The highest BCUT2D eigenvalue weighted by molar-refractivity contribution is 5.71. The molecule has 1 aromatic carbocycles. The number of aromatic hydroxyl groups is 1. The minimum Gasteiger partial charge on any atom is -0.504 e. The fraction of sp³-hybridized carbons (Fsp3) is 0.300. The van der Waals surface area contributed by atoms with Crippen LogP contribution in [0.5, 0.6) is 11.5 Å². The minimum absolute atomic E-state index is 0.0276. The van der Waals surface area contributed by atoms with Gasteiger partial charge in [-0.3, -0.25) is 0 Å². The smallest absolute Gasteiger partial charge is 0.414 e. The zero-order valence-electron chi connectivity index (χ0n) is 8.44. The van der Waals surface area contributed by atoms with E-state index in [-0.39, 0.29) is 11.5 Å². The van der Waals surface area contributed by atoms with E-state index in [1.54, 1.807) is 33.2 Å². The van der Waals surface area contributed by atoms with Gasteiger partial charge >= 0.3 is 6.09 Å². The Morgan fingerprint density at radius 3 is 2.57 bits per heavy atom. The average molecular weight is 195 g/mol. The molecule has 0 radical (unpaired) electrons. The second-order valence-corrected chi connectivity index (χ2v) is 3.19. The maximum atomic E-state index is 11.2. The number of rotatable bonds is 1. The largest absolute Gasteiger partial charge is 0.504 e. The fourth-order valence-corrected chi connectivity index (χ4v) is 0.948. The number of nitrogens with zero attached hydrogens (tertiary/aromatic N) is 1. The van der Waals surface area contributed by atoms with Crippen LogP contribution >= 0.6 is 0 Å². The van der Waals surface area contributed by atoms with Crippen LogP contribution in [0.4, 0.5) is 4.79 Å². The van der Waals surface area contributed by atoms with Gasteiger partial charge in [-0.2, -0.15) is 0 Å². The lowest BCUT2D eigenvalue weighted by molar-refractivity contribution is 0.170. The van der Waals surface area contributed by atoms with Gasteiger partial charge in [0.15, 0.2) is 11.5 Å².